The van der Waals surface area contributed by atoms with Crippen molar-refractivity contribution in [3.05, 3.63) is 12.2 Å². The Bertz CT molecular complexity index is 574. The van der Waals surface area contributed by atoms with E-state index >= 15 is 0 Å². The van der Waals surface area contributed by atoms with E-state index in [1.54, 1.807) is 0 Å². The van der Waals surface area contributed by atoms with E-state index in [1.165, 1.54) is 109 Å². The van der Waals surface area contributed by atoms with Gasteiger partial charge in [0, 0.05) is 12.8 Å². The number of carbonyl (C=O) groups excluding carboxylic acids is 2. The van der Waals surface area contributed by atoms with Crippen molar-refractivity contribution in [2.45, 2.75) is 187 Å². The van der Waals surface area contributed by atoms with Gasteiger partial charge in [-0.2, -0.15) is 0 Å². The van der Waals surface area contributed by atoms with Crippen LogP contribution in [0.4, 0.5) is 0 Å². The lowest BCUT2D eigenvalue weighted by molar-refractivity contribution is -0.152. The summed E-state index contributed by atoms with van der Waals surface area (Å²) in [6.07, 6.45) is 34.0. The molecule has 0 spiro atoms. The van der Waals surface area contributed by atoms with Crippen LogP contribution in [0, 0.1) is 0 Å². The molecule has 0 radical (unpaired) electrons. The lowest BCUT2D eigenvalue weighted by Gasteiger charge is -2.12. The maximum absolute atomic E-state index is 11.9. The number of carbonyl (C=O) groups is 2. The minimum Gasteiger partial charge on any atom is -0.463 e. The zero-order valence-electron chi connectivity index (χ0n) is 26.6. The van der Waals surface area contributed by atoms with E-state index in [2.05, 4.69) is 26.0 Å². The first-order chi connectivity index (χ1) is 19.6. The van der Waals surface area contributed by atoms with E-state index in [1.807, 2.05) is 0 Å². The van der Waals surface area contributed by atoms with E-state index in [0.717, 1.165) is 44.9 Å². The molecule has 5 heteroatoms. The molecule has 1 N–H and O–H groups in total. The molecule has 0 saturated heterocycles. The molecule has 0 fully saturated rings. The van der Waals surface area contributed by atoms with E-state index in [9.17, 15) is 14.7 Å². The fourth-order valence-corrected chi connectivity index (χ4v) is 4.84. The largest absolute Gasteiger partial charge is 0.463 e. The first-order valence-corrected chi connectivity index (χ1v) is 17.2. The number of aliphatic hydroxyl groups is 1. The molecule has 0 aliphatic carbocycles. The average Bonchev–Trinajstić information content (AvgIpc) is 2.95. The van der Waals surface area contributed by atoms with Crippen LogP contribution in [0.1, 0.15) is 181 Å². The Morgan fingerprint density at radius 2 is 0.800 bits per heavy atom. The Morgan fingerprint density at radius 3 is 1.15 bits per heavy atom. The summed E-state index contributed by atoms with van der Waals surface area (Å²) in [5.74, 6) is -0.571. The van der Waals surface area contributed by atoms with Gasteiger partial charge < -0.3 is 14.6 Å². The van der Waals surface area contributed by atoms with Gasteiger partial charge in [-0.3, -0.25) is 9.59 Å². The highest BCUT2D eigenvalue weighted by atomic mass is 16.6. The van der Waals surface area contributed by atoms with Gasteiger partial charge in [0.1, 0.15) is 19.3 Å². The van der Waals surface area contributed by atoms with E-state index < -0.39 is 6.10 Å². The number of esters is 2. The normalized spacial score (nSPS) is 12.2. The number of allylic oxidation sites excluding steroid dienone is 2. The van der Waals surface area contributed by atoms with Crippen molar-refractivity contribution in [1.82, 2.24) is 0 Å². The van der Waals surface area contributed by atoms with Crippen molar-refractivity contribution in [3.8, 4) is 0 Å². The molecule has 0 aromatic carbocycles. The molecular weight excluding hydrogens is 500 g/mol. The molecule has 0 aliphatic heterocycles. The Morgan fingerprint density at radius 1 is 0.500 bits per heavy atom. The van der Waals surface area contributed by atoms with Gasteiger partial charge in [0.25, 0.3) is 0 Å². The van der Waals surface area contributed by atoms with Gasteiger partial charge in [-0.05, 0) is 38.5 Å². The summed E-state index contributed by atoms with van der Waals surface area (Å²) in [5, 5.41) is 9.95. The molecule has 0 aromatic heterocycles. The van der Waals surface area contributed by atoms with E-state index in [0.29, 0.717) is 12.8 Å². The van der Waals surface area contributed by atoms with Crippen LogP contribution in [-0.4, -0.2) is 36.4 Å². The number of hydrogen-bond donors (Lipinski definition) is 1. The Kier molecular flexibility index (Phi) is 31.1. The predicted octanol–water partition coefficient (Wildman–Crippen LogP) is 10.2. The second-order valence-electron chi connectivity index (χ2n) is 11.6. The first kappa shape index (κ1) is 38.6. The maximum Gasteiger partial charge on any atom is 0.305 e. The summed E-state index contributed by atoms with van der Waals surface area (Å²) in [6, 6.07) is 0. The number of hydrogen-bond acceptors (Lipinski definition) is 5. The van der Waals surface area contributed by atoms with Crippen molar-refractivity contribution < 1.29 is 24.2 Å². The predicted molar refractivity (Wildman–Crippen MR) is 168 cm³/mol. The van der Waals surface area contributed by atoms with Gasteiger partial charge in [0.2, 0.25) is 0 Å². The quantitative estimate of drug-likeness (QED) is 0.0513. The molecule has 0 rings (SSSR count). The second-order valence-corrected chi connectivity index (χ2v) is 11.6. The van der Waals surface area contributed by atoms with Crippen LogP contribution in [0.5, 0.6) is 0 Å². The fourth-order valence-electron chi connectivity index (χ4n) is 4.84. The molecule has 0 bridgehead atoms. The second kappa shape index (κ2) is 32.2. The highest BCUT2D eigenvalue weighted by molar-refractivity contribution is 5.69. The minimum absolute atomic E-state index is 0.114. The van der Waals surface area contributed by atoms with Crippen LogP contribution in [0.3, 0.4) is 0 Å². The molecule has 0 amide bonds. The van der Waals surface area contributed by atoms with Crippen LogP contribution < -0.4 is 0 Å². The smallest absolute Gasteiger partial charge is 0.305 e. The lowest BCUT2D eigenvalue weighted by atomic mass is 10.1. The van der Waals surface area contributed by atoms with Crippen LogP contribution in [-0.2, 0) is 19.1 Å². The third kappa shape index (κ3) is 31.2. The standard InChI is InChI=1S/C35H66O5/c1-3-5-7-9-11-13-15-16-17-18-20-22-24-26-28-30-35(38)40-32-33(36)31-39-34(37)29-27-25-23-21-19-14-12-10-8-6-4-2/h16-17,33,36H,3-15,18-32H2,1-2H3/b17-16+. The summed E-state index contributed by atoms with van der Waals surface area (Å²) in [4.78, 5) is 23.8. The third-order valence-electron chi connectivity index (χ3n) is 7.50. The summed E-state index contributed by atoms with van der Waals surface area (Å²) < 4.78 is 10.3. The van der Waals surface area contributed by atoms with Crippen molar-refractivity contribution >= 4 is 11.9 Å². The topological polar surface area (TPSA) is 72.8 Å². The van der Waals surface area contributed by atoms with Crippen LogP contribution >= 0.6 is 0 Å². The van der Waals surface area contributed by atoms with E-state index in [4.69, 9.17) is 9.47 Å². The van der Waals surface area contributed by atoms with Gasteiger partial charge in [0.05, 0.1) is 0 Å². The zero-order valence-corrected chi connectivity index (χ0v) is 26.6. The molecule has 1 unspecified atom stereocenters. The molecule has 0 heterocycles. The van der Waals surface area contributed by atoms with Crippen molar-refractivity contribution in [2.24, 2.45) is 0 Å². The third-order valence-corrected chi connectivity index (χ3v) is 7.50. The van der Waals surface area contributed by atoms with Crippen LogP contribution in [0.2, 0.25) is 0 Å². The molecular formula is C35H66O5. The van der Waals surface area contributed by atoms with Gasteiger partial charge in [0.15, 0.2) is 0 Å². The molecule has 0 aliphatic rings. The SMILES string of the molecule is CCCCCCCC/C=C/CCCCCCCC(=O)OCC(O)COC(=O)CCCCCCCCCCCCC. The number of rotatable bonds is 31. The van der Waals surface area contributed by atoms with Gasteiger partial charge in [-0.1, -0.05) is 142 Å². The summed E-state index contributed by atoms with van der Waals surface area (Å²) >= 11 is 0. The average molecular weight is 567 g/mol. The summed E-state index contributed by atoms with van der Waals surface area (Å²) in [7, 11) is 0. The van der Waals surface area contributed by atoms with Crippen LogP contribution in [0.15, 0.2) is 12.2 Å². The van der Waals surface area contributed by atoms with Crippen LogP contribution in [0.25, 0.3) is 0 Å². The van der Waals surface area contributed by atoms with Gasteiger partial charge >= 0.3 is 11.9 Å². The minimum atomic E-state index is -0.959. The van der Waals surface area contributed by atoms with Gasteiger partial charge in [-0.25, -0.2) is 0 Å². The van der Waals surface area contributed by atoms with Gasteiger partial charge in [-0.15, -0.1) is 0 Å². The highest BCUT2D eigenvalue weighted by Crippen LogP contribution is 2.13. The molecule has 40 heavy (non-hydrogen) atoms. The van der Waals surface area contributed by atoms with E-state index in [-0.39, 0.29) is 25.2 Å². The van der Waals surface area contributed by atoms with Crippen molar-refractivity contribution in [1.29, 1.82) is 0 Å². The Balaban J connectivity index is 3.43. The number of aliphatic hydroxyl groups excluding tert-OH is 1. The highest BCUT2D eigenvalue weighted by Gasteiger charge is 2.12. The molecule has 1 atom stereocenters. The Labute approximate surface area is 248 Å². The number of ether oxygens (including phenoxy) is 2. The first-order valence-electron chi connectivity index (χ1n) is 17.2. The summed E-state index contributed by atoms with van der Waals surface area (Å²) in [6.45, 7) is 4.28. The molecule has 0 aromatic rings. The lowest BCUT2D eigenvalue weighted by Crippen LogP contribution is -2.25. The fraction of sp³-hybridized carbons (Fsp3) is 0.886. The Hall–Kier alpha value is -1.36. The number of unbranched alkanes of at least 4 members (excludes halogenated alkanes) is 21. The van der Waals surface area contributed by atoms with Crippen molar-refractivity contribution in [2.75, 3.05) is 13.2 Å². The molecule has 236 valence electrons. The van der Waals surface area contributed by atoms with Crippen molar-refractivity contribution in [3.63, 3.8) is 0 Å². The zero-order chi connectivity index (χ0) is 29.4. The molecule has 0 saturated carbocycles. The maximum atomic E-state index is 11.9. The molecule has 5 nitrogen and oxygen atoms in total. The summed E-state index contributed by atoms with van der Waals surface area (Å²) in [5.41, 5.74) is 0. The monoisotopic (exact) mass is 566 g/mol.